The van der Waals surface area contributed by atoms with Crippen LogP contribution in [0.2, 0.25) is 5.31 Å². The quantitative estimate of drug-likeness (QED) is 0.566. The fourth-order valence-corrected chi connectivity index (χ4v) is 3.51. The van der Waals surface area contributed by atoms with Crippen LogP contribution in [0.5, 0.6) is 0 Å². The van der Waals surface area contributed by atoms with Crippen LogP contribution in [0, 0.1) is 0 Å². The molecule has 0 aromatic rings. The Kier molecular flexibility index (Phi) is 4.96. The number of hydrogen-bond acceptors (Lipinski definition) is 4. The Balaban J connectivity index is 2.19. The Labute approximate surface area is 141 Å². The second-order valence-corrected chi connectivity index (χ2v) is 9.27. The summed E-state index contributed by atoms with van der Waals surface area (Å²) in [7, 11) is -0.333. The van der Waals surface area contributed by atoms with Gasteiger partial charge in [0.05, 0.1) is 11.2 Å². The molecule has 1 aliphatic heterocycles. The molecule has 0 N–H and O–H groups in total. The zero-order chi connectivity index (χ0) is 17.5. The highest BCUT2D eigenvalue weighted by Gasteiger charge is 2.60. The van der Waals surface area contributed by atoms with Crippen LogP contribution in [0.4, 0.5) is 0 Å². The molecule has 1 saturated carbocycles. The summed E-state index contributed by atoms with van der Waals surface area (Å²) in [6.45, 7) is 14.0. The Morgan fingerprint density at radius 3 is 1.91 bits per heavy atom. The SMILES string of the molecule is CC(C)(C)OC(=O)CC1(B2OC(C)(C)C(C)(C)O2)CCCCC1. The molecule has 23 heavy (non-hydrogen) atoms. The first-order chi connectivity index (χ1) is 10.4. The third-order valence-corrected chi connectivity index (χ3v) is 5.52. The summed E-state index contributed by atoms with van der Waals surface area (Å²) in [5.41, 5.74) is -1.19. The normalized spacial score (nSPS) is 26.1. The minimum absolute atomic E-state index is 0.144. The van der Waals surface area contributed by atoms with Crippen molar-refractivity contribution in [3.05, 3.63) is 0 Å². The van der Waals surface area contributed by atoms with Crippen LogP contribution in [0.15, 0.2) is 0 Å². The summed E-state index contributed by atoms with van der Waals surface area (Å²) in [6.07, 6.45) is 5.75. The third kappa shape index (κ3) is 4.11. The van der Waals surface area contributed by atoms with E-state index in [2.05, 4.69) is 27.7 Å². The molecule has 0 spiro atoms. The van der Waals surface area contributed by atoms with Gasteiger partial charge in [0.2, 0.25) is 0 Å². The Morgan fingerprint density at radius 2 is 1.48 bits per heavy atom. The number of rotatable bonds is 3. The fraction of sp³-hybridized carbons (Fsp3) is 0.944. The lowest BCUT2D eigenvalue weighted by molar-refractivity contribution is -0.156. The van der Waals surface area contributed by atoms with Crippen LogP contribution in [0.1, 0.15) is 87.0 Å². The first-order valence-electron chi connectivity index (χ1n) is 8.94. The summed E-state index contributed by atoms with van der Waals surface area (Å²) < 4.78 is 18.2. The Hall–Kier alpha value is -0.545. The van der Waals surface area contributed by atoms with E-state index in [1.54, 1.807) is 0 Å². The number of ether oxygens (including phenoxy) is 1. The Morgan fingerprint density at radius 1 is 1.00 bits per heavy atom. The molecule has 1 aliphatic carbocycles. The van der Waals surface area contributed by atoms with E-state index in [0.29, 0.717) is 6.42 Å². The standard InChI is InChI=1S/C18H33BO4/c1-15(2,3)21-14(20)13-18(11-9-8-10-12-18)19-22-16(4,5)17(6,7)23-19/h8-13H2,1-7H3. The maximum atomic E-state index is 12.5. The van der Waals surface area contributed by atoms with Crippen LogP contribution in [0.3, 0.4) is 0 Å². The van der Waals surface area contributed by atoms with E-state index < -0.39 is 5.60 Å². The van der Waals surface area contributed by atoms with Crippen LogP contribution in [-0.2, 0) is 18.8 Å². The van der Waals surface area contributed by atoms with Crippen molar-refractivity contribution in [1.29, 1.82) is 0 Å². The predicted molar refractivity (Wildman–Crippen MR) is 92.3 cm³/mol. The van der Waals surface area contributed by atoms with E-state index in [-0.39, 0.29) is 29.6 Å². The monoisotopic (exact) mass is 324 g/mol. The second kappa shape index (κ2) is 6.07. The maximum absolute atomic E-state index is 12.5. The lowest BCUT2D eigenvalue weighted by Gasteiger charge is -2.38. The molecule has 2 rings (SSSR count). The van der Waals surface area contributed by atoms with Gasteiger partial charge >= 0.3 is 13.1 Å². The molecule has 0 aromatic carbocycles. The molecular weight excluding hydrogens is 291 g/mol. The van der Waals surface area contributed by atoms with Gasteiger partial charge in [0.25, 0.3) is 0 Å². The van der Waals surface area contributed by atoms with Gasteiger partial charge in [0.15, 0.2) is 0 Å². The summed E-state index contributed by atoms with van der Waals surface area (Å²) in [4.78, 5) is 12.5. The Bertz CT molecular complexity index is 428. The van der Waals surface area contributed by atoms with Crippen molar-refractivity contribution >= 4 is 13.1 Å². The molecule has 0 amide bonds. The van der Waals surface area contributed by atoms with E-state index in [0.717, 1.165) is 25.7 Å². The highest BCUT2D eigenvalue weighted by atomic mass is 16.7. The van der Waals surface area contributed by atoms with Crippen LogP contribution < -0.4 is 0 Å². The molecule has 4 nitrogen and oxygen atoms in total. The molecule has 132 valence electrons. The van der Waals surface area contributed by atoms with Crippen molar-refractivity contribution in [3.8, 4) is 0 Å². The summed E-state index contributed by atoms with van der Waals surface area (Å²) in [5.74, 6) is -0.144. The van der Waals surface area contributed by atoms with Gasteiger partial charge in [-0.3, -0.25) is 4.79 Å². The van der Waals surface area contributed by atoms with Gasteiger partial charge < -0.3 is 14.0 Å². The average Bonchev–Trinajstić information content (AvgIpc) is 2.57. The van der Waals surface area contributed by atoms with Crippen molar-refractivity contribution in [1.82, 2.24) is 0 Å². The summed E-state index contributed by atoms with van der Waals surface area (Å²) >= 11 is 0. The van der Waals surface area contributed by atoms with Crippen molar-refractivity contribution in [2.45, 2.75) is 109 Å². The lowest BCUT2D eigenvalue weighted by Crippen LogP contribution is -2.41. The highest BCUT2D eigenvalue weighted by Crippen LogP contribution is 2.54. The first-order valence-corrected chi connectivity index (χ1v) is 8.94. The van der Waals surface area contributed by atoms with Crippen LogP contribution >= 0.6 is 0 Å². The van der Waals surface area contributed by atoms with Gasteiger partial charge in [-0.15, -0.1) is 0 Å². The van der Waals surface area contributed by atoms with E-state index in [1.165, 1.54) is 6.42 Å². The molecule has 2 fully saturated rings. The number of hydrogen-bond donors (Lipinski definition) is 0. The number of carbonyl (C=O) groups is 1. The van der Waals surface area contributed by atoms with Crippen molar-refractivity contribution in [2.24, 2.45) is 0 Å². The molecule has 0 radical (unpaired) electrons. The minimum atomic E-state index is -0.455. The second-order valence-electron chi connectivity index (χ2n) is 9.27. The molecular formula is C18H33BO4. The molecule has 2 aliphatic rings. The fourth-order valence-electron chi connectivity index (χ4n) is 3.51. The molecule has 1 heterocycles. The number of esters is 1. The van der Waals surface area contributed by atoms with Gasteiger partial charge in [-0.25, -0.2) is 0 Å². The van der Waals surface area contributed by atoms with Gasteiger partial charge in [-0.05, 0) is 61.3 Å². The van der Waals surface area contributed by atoms with Gasteiger partial charge in [0.1, 0.15) is 5.60 Å². The summed E-state index contributed by atoms with van der Waals surface area (Å²) in [5, 5.41) is -0.258. The van der Waals surface area contributed by atoms with Gasteiger partial charge in [-0.1, -0.05) is 19.3 Å². The zero-order valence-electron chi connectivity index (χ0n) is 16.0. The van der Waals surface area contributed by atoms with E-state index in [1.807, 2.05) is 20.8 Å². The molecule has 0 bridgehead atoms. The predicted octanol–water partition coefficient (Wildman–Crippen LogP) is 4.51. The topological polar surface area (TPSA) is 44.8 Å². The molecule has 5 heteroatoms. The largest absolute Gasteiger partial charge is 0.465 e. The summed E-state index contributed by atoms with van der Waals surface area (Å²) in [6, 6.07) is 0. The number of carbonyl (C=O) groups excluding carboxylic acids is 1. The van der Waals surface area contributed by atoms with Crippen LogP contribution in [0.25, 0.3) is 0 Å². The van der Waals surface area contributed by atoms with E-state index in [4.69, 9.17) is 14.0 Å². The lowest BCUT2D eigenvalue weighted by atomic mass is 9.49. The van der Waals surface area contributed by atoms with Crippen molar-refractivity contribution < 1.29 is 18.8 Å². The van der Waals surface area contributed by atoms with Gasteiger partial charge in [-0.2, -0.15) is 0 Å². The molecule has 0 unspecified atom stereocenters. The first kappa shape index (κ1) is 18.8. The van der Waals surface area contributed by atoms with Crippen molar-refractivity contribution in [2.75, 3.05) is 0 Å². The molecule has 1 saturated heterocycles. The average molecular weight is 324 g/mol. The van der Waals surface area contributed by atoms with E-state index in [9.17, 15) is 4.79 Å². The van der Waals surface area contributed by atoms with Crippen LogP contribution in [-0.4, -0.2) is 29.9 Å². The van der Waals surface area contributed by atoms with Crippen molar-refractivity contribution in [3.63, 3.8) is 0 Å². The minimum Gasteiger partial charge on any atom is -0.460 e. The van der Waals surface area contributed by atoms with Gasteiger partial charge in [0, 0.05) is 11.7 Å². The smallest absolute Gasteiger partial charge is 0.460 e. The van der Waals surface area contributed by atoms with E-state index >= 15 is 0 Å². The molecule has 0 aromatic heterocycles. The maximum Gasteiger partial charge on any atom is 0.465 e. The third-order valence-electron chi connectivity index (χ3n) is 5.52. The zero-order valence-corrected chi connectivity index (χ0v) is 16.0. The highest BCUT2D eigenvalue weighted by molar-refractivity contribution is 6.50. The molecule has 0 atom stereocenters.